The van der Waals surface area contributed by atoms with Gasteiger partial charge in [-0.1, -0.05) is 42.5 Å². The lowest BCUT2D eigenvalue weighted by atomic mass is 10.00. The van der Waals surface area contributed by atoms with E-state index in [1.54, 1.807) is 36.4 Å². The quantitative estimate of drug-likeness (QED) is 0.594. The second-order valence-corrected chi connectivity index (χ2v) is 7.34. The van der Waals surface area contributed by atoms with Crippen LogP contribution in [0.15, 0.2) is 65.6 Å². The van der Waals surface area contributed by atoms with Crippen molar-refractivity contribution in [3.05, 3.63) is 71.8 Å². The summed E-state index contributed by atoms with van der Waals surface area (Å²) in [5.74, 6) is -0.290. The number of esters is 1. The van der Waals surface area contributed by atoms with Gasteiger partial charge in [0.2, 0.25) is 10.0 Å². The van der Waals surface area contributed by atoms with Crippen molar-refractivity contribution in [2.45, 2.75) is 17.9 Å². The molecule has 26 heavy (non-hydrogen) atoms. The first-order valence-electron chi connectivity index (χ1n) is 7.79. The van der Waals surface area contributed by atoms with Gasteiger partial charge in [-0.25, -0.2) is 13.2 Å². The lowest BCUT2D eigenvalue weighted by Gasteiger charge is -2.22. The van der Waals surface area contributed by atoms with Gasteiger partial charge in [-0.05, 0) is 25.1 Å². The monoisotopic (exact) mass is 375 g/mol. The molecule has 0 aliphatic heterocycles. The van der Waals surface area contributed by atoms with Crippen molar-refractivity contribution in [1.82, 2.24) is 4.72 Å². The molecular weight excluding hydrogens is 354 g/mol. The summed E-state index contributed by atoms with van der Waals surface area (Å²) in [7, 11) is -1.24. The normalized spacial score (nSPS) is 12.3. The molecule has 1 atom stereocenters. The molecule has 7 heteroatoms. The number of nitrogens with one attached hydrogen (secondary N) is 1. The minimum Gasteiger partial charge on any atom is -0.496 e. The number of hydrogen-bond acceptors (Lipinski definition) is 5. The number of ether oxygens (including phenoxy) is 2. The molecule has 138 valence electrons. The van der Waals surface area contributed by atoms with Crippen molar-refractivity contribution in [3.63, 3.8) is 0 Å². The number of methoxy groups -OCH3 is 2. The Morgan fingerprint density at radius 3 is 2.27 bits per heavy atom. The summed E-state index contributed by atoms with van der Waals surface area (Å²) in [5, 5.41) is 0. The second kappa shape index (κ2) is 8.16. The first-order chi connectivity index (χ1) is 12.3. The molecule has 0 radical (unpaired) electrons. The molecular formula is C19H21NO5S. The number of hydrogen-bond donors (Lipinski definition) is 1. The highest BCUT2D eigenvalue weighted by atomic mass is 32.2. The fraction of sp³-hybridized carbons (Fsp3) is 0.211. The minimum atomic E-state index is -3.91. The molecule has 0 aromatic heterocycles. The fourth-order valence-electron chi connectivity index (χ4n) is 2.42. The average molecular weight is 375 g/mol. The molecule has 1 N–H and O–H groups in total. The van der Waals surface area contributed by atoms with Crippen molar-refractivity contribution < 1.29 is 22.7 Å². The van der Waals surface area contributed by atoms with E-state index in [2.05, 4.69) is 11.3 Å². The number of carbonyl (C=O) groups is 1. The molecule has 0 aliphatic carbocycles. The zero-order chi connectivity index (χ0) is 19.3. The van der Waals surface area contributed by atoms with E-state index in [1.165, 1.54) is 26.4 Å². The zero-order valence-corrected chi connectivity index (χ0v) is 15.7. The van der Waals surface area contributed by atoms with Crippen molar-refractivity contribution >= 4 is 16.0 Å². The van der Waals surface area contributed by atoms with Crippen molar-refractivity contribution in [3.8, 4) is 5.75 Å². The molecule has 2 aromatic rings. The van der Waals surface area contributed by atoms with Crippen LogP contribution >= 0.6 is 0 Å². The predicted octanol–water partition coefficient (Wildman–Crippen LogP) is 2.75. The first kappa shape index (κ1) is 19.7. The topological polar surface area (TPSA) is 81.7 Å². The molecule has 0 bridgehead atoms. The number of aryl methyl sites for hydroxylation is 1. The molecule has 0 spiro atoms. The van der Waals surface area contributed by atoms with Crippen LogP contribution in [-0.4, -0.2) is 28.6 Å². The van der Waals surface area contributed by atoms with Crippen molar-refractivity contribution in [1.29, 1.82) is 0 Å². The summed E-state index contributed by atoms with van der Waals surface area (Å²) in [4.78, 5) is 12.1. The van der Waals surface area contributed by atoms with Crippen LogP contribution in [0.1, 0.15) is 17.2 Å². The Kier molecular flexibility index (Phi) is 6.18. The van der Waals surface area contributed by atoms with Crippen LogP contribution < -0.4 is 9.46 Å². The van der Waals surface area contributed by atoms with E-state index >= 15 is 0 Å². The van der Waals surface area contributed by atoms with Gasteiger partial charge in [0.15, 0.2) is 0 Å². The predicted molar refractivity (Wildman–Crippen MR) is 98.4 cm³/mol. The number of sulfonamides is 1. The lowest BCUT2D eigenvalue weighted by Crippen LogP contribution is -2.32. The summed E-state index contributed by atoms with van der Waals surface area (Å²) in [6, 6.07) is 12.1. The van der Waals surface area contributed by atoms with Crippen molar-refractivity contribution in [2.75, 3.05) is 14.2 Å². The van der Waals surface area contributed by atoms with Gasteiger partial charge in [-0.3, -0.25) is 0 Å². The second-order valence-electron chi connectivity index (χ2n) is 5.63. The van der Waals surface area contributed by atoms with Gasteiger partial charge in [-0.15, -0.1) is 0 Å². The Balaban J connectivity index is 2.49. The molecule has 0 fully saturated rings. The highest BCUT2D eigenvalue weighted by molar-refractivity contribution is 7.89. The van der Waals surface area contributed by atoms with Gasteiger partial charge in [0.25, 0.3) is 0 Å². The molecule has 0 amide bonds. The number of para-hydroxylation sites is 1. The van der Waals surface area contributed by atoms with E-state index in [-0.39, 0.29) is 10.5 Å². The Hall–Kier alpha value is -2.64. The van der Waals surface area contributed by atoms with Gasteiger partial charge in [0, 0.05) is 5.56 Å². The van der Waals surface area contributed by atoms with Crippen molar-refractivity contribution in [2.24, 2.45) is 0 Å². The van der Waals surface area contributed by atoms with E-state index in [1.807, 2.05) is 6.92 Å². The summed E-state index contributed by atoms with van der Waals surface area (Å²) >= 11 is 0. The largest absolute Gasteiger partial charge is 0.496 e. The molecule has 0 aliphatic rings. The third kappa shape index (κ3) is 4.30. The smallest absolute Gasteiger partial charge is 0.335 e. The summed E-state index contributed by atoms with van der Waals surface area (Å²) in [6.45, 7) is 5.57. The van der Waals surface area contributed by atoms with Crippen LogP contribution in [-0.2, 0) is 19.6 Å². The van der Waals surface area contributed by atoms with Crippen LogP contribution in [0, 0.1) is 6.92 Å². The summed E-state index contributed by atoms with van der Waals surface area (Å²) < 4.78 is 38.1. The Bertz CT molecular complexity index is 904. The molecule has 6 nitrogen and oxygen atoms in total. The van der Waals surface area contributed by atoms with Crippen LogP contribution in [0.4, 0.5) is 0 Å². The third-order valence-corrected chi connectivity index (χ3v) is 5.29. The molecule has 0 saturated carbocycles. The van der Waals surface area contributed by atoms with Gasteiger partial charge in [0.1, 0.15) is 5.75 Å². The van der Waals surface area contributed by atoms with Crippen LogP contribution in [0.2, 0.25) is 0 Å². The molecule has 0 heterocycles. The Morgan fingerprint density at radius 2 is 1.69 bits per heavy atom. The minimum absolute atomic E-state index is 0.0484. The first-order valence-corrected chi connectivity index (χ1v) is 9.27. The van der Waals surface area contributed by atoms with E-state index in [0.717, 1.165) is 5.56 Å². The number of benzene rings is 2. The van der Waals surface area contributed by atoms with Crippen LogP contribution in [0.25, 0.3) is 0 Å². The molecule has 0 saturated heterocycles. The van der Waals surface area contributed by atoms with Gasteiger partial charge in [-0.2, -0.15) is 4.72 Å². The van der Waals surface area contributed by atoms with Crippen LogP contribution in [0.3, 0.4) is 0 Å². The van der Waals surface area contributed by atoms with Crippen LogP contribution in [0.5, 0.6) is 5.75 Å². The lowest BCUT2D eigenvalue weighted by molar-refractivity contribution is -0.136. The van der Waals surface area contributed by atoms with Gasteiger partial charge in [0.05, 0.1) is 30.7 Å². The highest BCUT2D eigenvalue weighted by Gasteiger charge is 2.29. The fourth-order valence-corrected chi connectivity index (χ4v) is 3.63. The van der Waals surface area contributed by atoms with Gasteiger partial charge < -0.3 is 9.47 Å². The molecule has 0 unspecified atom stereocenters. The standard InChI is InChI=1S/C19H21NO5S/c1-13-9-11-15(12-10-13)26(22,23)20-18(14(2)19(21)25-4)16-7-5-6-8-17(16)24-3/h5-12,18,20H,2H2,1,3-4H3/t18-/m0/s1. The Morgan fingerprint density at radius 1 is 1.08 bits per heavy atom. The highest BCUT2D eigenvalue weighted by Crippen LogP contribution is 2.31. The molecule has 2 rings (SSSR count). The number of rotatable bonds is 7. The van der Waals surface area contributed by atoms with E-state index in [9.17, 15) is 13.2 Å². The van der Waals surface area contributed by atoms with Gasteiger partial charge >= 0.3 is 5.97 Å². The maximum atomic E-state index is 12.8. The maximum absolute atomic E-state index is 12.8. The number of carbonyl (C=O) groups excluding carboxylic acids is 1. The van der Waals surface area contributed by atoms with E-state index in [4.69, 9.17) is 9.47 Å². The molecule has 2 aromatic carbocycles. The summed E-state index contributed by atoms with van der Waals surface area (Å²) in [6.07, 6.45) is 0. The Labute approximate surface area is 153 Å². The van der Waals surface area contributed by atoms with E-state index < -0.39 is 22.0 Å². The third-order valence-electron chi connectivity index (χ3n) is 3.85. The van der Waals surface area contributed by atoms with E-state index in [0.29, 0.717) is 11.3 Å². The zero-order valence-electron chi connectivity index (χ0n) is 14.9. The average Bonchev–Trinajstić information content (AvgIpc) is 2.65. The SMILES string of the molecule is C=C(C(=O)OC)[C@H](NS(=O)(=O)c1ccc(C)cc1)c1ccccc1OC. The maximum Gasteiger partial charge on any atom is 0.335 e. The summed E-state index contributed by atoms with van der Waals surface area (Å²) in [5.41, 5.74) is 1.35.